The first-order valence-corrected chi connectivity index (χ1v) is 7.45. The fourth-order valence-electron chi connectivity index (χ4n) is 3.08. The highest BCUT2D eigenvalue weighted by molar-refractivity contribution is 5.79. The zero-order chi connectivity index (χ0) is 14.8. The fourth-order valence-corrected chi connectivity index (χ4v) is 3.08. The van der Waals surface area contributed by atoms with E-state index in [9.17, 15) is 9.90 Å². The van der Waals surface area contributed by atoms with Crippen LogP contribution >= 0.6 is 0 Å². The van der Waals surface area contributed by atoms with Crippen LogP contribution in [0.3, 0.4) is 0 Å². The number of carbonyl (C=O) groups is 1. The second kappa shape index (κ2) is 5.93. The van der Waals surface area contributed by atoms with E-state index in [1.165, 1.54) is 0 Å². The lowest BCUT2D eigenvalue weighted by Crippen LogP contribution is -2.15. The molecule has 2 unspecified atom stereocenters. The maximum absolute atomic E-state index is 11.4. The predicted molar refractivity (Wildman–Crippen MR) is 77.6 cm³/mol. The molecule has 3 atom stereocenters. The molecule has 2 aliphatic rings. The third-order valence-electron chi connectivity index (χ3n) is 4.29. The molecule has 2 N–H and O–H groups in total. The Morgan fingerprint density at radius 1 is 1.29 bits per heavy atom. The van der Waals surface area contributed by atoms with Gasteiger partial charge in [-0.25, -0.2) is 0 Å². The summed E-state index contributed by atoms with van der Waals surface area (Å²) in [6, 6.07) is 5.84. The monoisotopic (exact) mass is 291 g/mol. The van der Waals surface area contributed by atoms with Gasteiger partial charge in [0, 0.05) is 25.3 Å². The number of aliphatic hydroxyl groups excluding tert-OH is 1. The highest BCUT2D eigenvalue weighted by Gasteiger charge is 2.27. The third kappa shape index (κ3) is 3.13. The first-order valence-electron chi connectivity index (χ1n) is 7.45. The van der Waals surface area contributed by atoms with E-state index in [4.69, 9.17) is 9.47 Å². The summed E-state index contributed by atoms with van der Waals surface area (Å²) in [5.41, 5.74) is 1.09. The Morgan fingerprint density at radius 3 is 2.76 bits per heavy atom. The molecule has 0 spiro atoms. The zero-order valence-electron chi connectivity index (χ0n) is 12.2. The van der Waals surface area contributed by atoms with Crippen molar-refractivity contribution in [2.24, 2.45) is 0 Å². The topological polar surface area (TPSA) is 67.8 Å². The molecule has 1 saturated carbocycles. The van der Waals surface area contributed by atoms with Crippen molar-refractivity contribution in [3.05, 3.63) is 23.8 Å². The van der Waals surface area contributed by atoms with Crippen molar-refractivity contribution >= 4 is 5.91 Å². The minimum absolute atomic E-state index is 0.0347. The van der Waals surface area contributed by atoms with Gasteiger partial charge in [0.2, 0.25) is 5.91 Å². The first-order chi connectivity index (χ1) is 10.2. The number of benzene rings is 1. The van der Waals surface area contributed by atoms with Gasteiger partial charge in [-0.05, 0) is 30.5 Å². The molecule has 5 heteroatoms. The van der Waals surface area contributed by atoms with Crippen molar-refractivity contribution in [3.63, 3.8) is 0 Å². The van der Waals surface area contributed by atoms with Gasteiger partial charge < -0.3 is 19.9 Å². The van der Waals surface area contributed by atoms with E-state index in [0.29, 0.717) is 30.9 Å². The Morgan fingerprint density at radius 2 is 2.14 bits per heavy atom. The van der Waals surface area contributed by atoms with Gasteiger partial charge in [-0.2, -0.15) is 0 Å². The van der Waals surface area contributed by atoms with E-state index in [1.54, 1.807) is 7.11 Å². The van der Waals surface area contributed by atoms with E-state index in [-0.39, 0.29) is 24.0 Å². The Bertz CT molecular complexity index is 531. The predicted octanol–water partition coefficient (Wildman–Crippen LogP) is 1.59. The van der Waals surface area contributed by atoms with Crippen LogP contribution in [0.4, 0.5) is 0 Å². The van der Waals surface area contributed by atoms with Crippen molar-refractivity contribution in [1.29, 1.82) is 0 Å². The van der Waals surface area contributed by atoms with Gasteiger partial charge in [-0.3, -0.25) is 4.79 Å². The molecule has 1 aliphatic heterocycles. The molecule has 1 aromatic carbocycles. The molecule has 2 fully saturated rings. The van der Waals surface area contributed by atoms with Crippen molar-refractivity contribution < 1.29 is 19.4 Å². The van der Waals surface area contributed by atoms with Crippen LogP contribution in [0, 0.1) is 0 Å². The van der Waals surface area contributed by atoms with E-state index in [1.807, 2.05) is 18.2 Å². The Hall–Kier alpha value is -1.75. The molecule has 21 heavy (non-hydrogen) atoms. The second-order valence-electron chi connectivity index (χ2n) is 5.82. The highest BCUT2D eigenvalue weighted by Crippen LogP contribution is 2.35. The van der Waals surface area contributed by atoms with Gasteiger partial charge in [0.25, 0.3) is 0 Å². The molecular formula is C16H21NO4. The molecule has 1 aromatic rings. The van der Waals surface area contributed by atoms with Gasteiger partial charge in [-0.15, -0.1) is 0 Å². The molecule has 0 aromatic heterocycles. The summed E-state index contributed by atoms with van der Waals surface area (Å²) in [4.78, 5) is 11.4. The van der Waals surface area contributed by atoms with Gasteiger partial charge in [0.15, 0.2) is 11.5 Å². The number of carbonyl (C=O) groups excluding carboxylic acids is 1. The maximum atomic E-state index is 11.4. The molecular weight excluding hydrogens is 270 g/mol. The molecule has 1 amide bonds. The van der Waals surface area contributed by atoms with Crippen molar-refractivity contribution in [1.82, 2.24) is 5.32 Å². The van der Waals surface area contributed by atoms with E-state index < -0.39 is 0 Å². The fraction of sp³-hybridized carbons (Fsp3) is 0.562. The minimum atomic E-state index is -0.263. The standard InChI is InChI=1S/C16H21NO4/c1-20-14-5-2-10(11-7-16(19)17-9-11)6-15(14)21-13-4-3-12(18)8-13/h2,5-6,11-13,18H,3-4,7-9H2,1H3,(H,17,19)/t11-,12?,13?/m1/s1. The summed E-state index contributed by atoms with van der Waals surface area (Å²) in [5, 5.41) is 12.5. The van der Waals surface area contributed by atoms with Crippen molar-refractivity contribution in [2.45, 2.75) is 43.8 Å². The quantitative estimate of drug-likeness (QED) is 0.884. The SMILES string of the molecule is COc1ccc([C@H]2CNC(=O)C2)cc1OC1CCC(O)C1. The zero-order valence-corrected chi connectivity index (χ0v) is 12.2. The number of amides is 1. The summed E-state index contributed by atoms with van der Waals surface area (Å²) in [6.07, 6.45) is 2.60. The summed E-state index contributed by atoms with van der Waals surface area (Å²) in [7, 11) is 1.62. The van der Waals surface area contributed by atoms with E-state index in [2.05, 4.69) is 5.32 Å². The number of ether oxygens (including phenoxy) is 2. The highest BCUT2D eigenvalue weighted by atomic mass is 16.5. The summed E-state index contributed by atoms with van der Waals surface area (Å²) >= 11 is 0. The Labute approximate surface area is 124 Å². The molecule has 5 nitrogen and oxygen atoms in total. The summed E-state index contributed by atoms with van der Waals surface area (Å²) < 4.78 is 11.4. The lowest BCUT2D eigenvalue weighted by molar-refractivity contribution is -0.119. The van der Waals surface area contributed by atoms with Crippen molar-refractivity contribution in [2.75, 3.05) is 13.7 Å². The van der Waals surface area contributed by atoms with Gasteiger partial charge in [0.05, 0.1) is 13.2 Å². The summed E-state index contributed by atoms with van der Waals surface area (Å²) in [5.74, 6) is 1.68. The van der Waals surface area contributed by atoms with Gasteiger partial charge >= 0.3 is 0 Å². The molecule has 3 rings (SSSR count). The van der Waals surface area contributed by atoms with Crippen LogP contribution in [0.1, 0.15) is 37.2 Å². The molecule has 1 saturated heterocycles. The van der Waals surface area contributed by atoms with Crippen LogP contribution in [0.15, 0.2) is 18.2 Å². The number of rotatable bonds is 4. The lowest BCUT2D eigenvalue weighted by atomic mass is 9.98. The Kier molecular flexibility index (Phi) is 4.01. The first kappa shape index (κ1) is 14.2. The molecule has 0 radical (unpaired) electrons. The minimum Gasteiger partial charge on any atom is -0.493 e. The number of hydrogen-bond donors (Lipinski definition) is 2. The van der Waals surface area contributed by atoms with Crippen LogP contribution in [-0.2, 0) is 4.79 Å². The van der Waals surface area contributed by atoms with Crippen molar-refractivity contribution in [3.8, 4) is 11.5 Å². The number of hydrogen-bond acceptors (Lipinski definition) is 4. The summed E-state index contributed by atoms with van der Waals surface area (Å²) in [6.45, 7) is 0.673. The van der Waals surface area contributed by atoms with Gasteiger partial charge in [-0.1, -0.05) is 6.07 Å². The molecule has 1 aliphatic carbocycles. The van der Waals surface area contributed by atoms with Crippen LogP contribution in [0.2, 0.25) is 0 Å². The van der Waals surface area contributed by atoms with Gasteiger partial charge in [0.1, 0.15) is 6.10 Å². The smallest absolute Gasteiger partial charge is 0.220 e. The van der Waals surface area contributed by atoms with Crippen LogP contribution < -0.4 is 14.8 Å². The van der Waals surface area contributed by atoms with Crippen LogP contribution in [0.5, 0.6) is 11.5 Å². The van der Waals surface area contributed by atoms with E-state index >= 15 is 0 Å². The normalized spacial score (nSPS) is 28.5. The third-order valence-corrected chi connectivity index (χ3v) is 4.29. The largest absolute Gasteiger partial charge is 0.493 e. The maximum Gasteiger partial charge on any atom is 0.220 e. The van der Waals surface area contributed by atoms with Crippen LogP contribution in [-0.4, -0.2) is 36.9 Å². The number of aliphatic hydroxyl groups is 1. The second-order valence-corrected chi connectivity index (χ2v) is 5.82. The average molecular weight is 291 g/mol. The average Bonchev–Trinajstić information content (AvgIpc) is 3.08. The molecule has 114 valence electrons. The van der Waals surface area contributed by atoms with Crippen LogP contribution in [0.25, 0.3) is 0 Å². The number of methoxy groups -OCH3 is 1. The Balaban J connectivity index is 1.78. The molecule has 1 heterocycles. The lowest BCUT2D eigenvalue weighted by Gasteiger charge is -2.18. The van der Waals surface area contributed by atoms with E-state index in [0.717, 1.165) is 18.4 Å². The number of nitrogens with one attached hydrogen (secondary N) is 1. The molecule has 0 bridgehead atoms.